The molecule has 124 valence electrons. The Kier molecular flexibility index (Phi) is 8.46. The summed E-state index contributed by atoms with van der Waals surface area (Å²) in [5.41, 5.74) is 0.424. The number of carbonyl (C=O) groups is 1. The number of carbonyl (C=O) groups excluding carboxylic acids is 1. The monoisotopic (exact) mass is 313 g/mol. The van der Waals surface area contributed by atoms with E-state index in [4.69, 9.17) is 14.9 Å². The molecule has 0 spiro atoms. The Bertz CT molecular complexity index is 430. The molecule has 22 heavy (non-hydrogen) atoms. The summed E-state index contributed by atoms with van der Waals surface area (Å²) in [4.78, 5) is 13.0. The van der Waals surface area contributed by atoms with E-state index >= 15 is 0 Å². The minimum Gasteiger partial charge on any atom is -0.491 e. The van der Waals surface area contributed by atoms with Gasteiger partial charge in [0.1, 0.15) is 18.5 Å². The highest BCUT2D eigenvalue weighted by molar-refractivity contribution is 5.89. The fourth-order valence-corrected chi connectivity index (χ4v) is 1.93. The molecule has 7 heteroatoms. The van der Waals surface area contributed by atoms with Gasteiger partial charge < -0.3 is 24.8 Å². The van der Waals surface area contributed by atoms with Crippen molar-refractivity contribution >= 4 is 5.97 Å². The molecule has 0 aliphatic rings. The molecule has 3 N–H and O–H groups in total. The summed E-state index contributed by atoms with van der Waals surface area (Å²) in [6.07, 6.45) is -0.751. The molecular weight excluding hydrogens is 290 g/mol. The third kappa shape index (κ3) is 6.40. The van der Waals surface area contributed by atoms with Crippen LogP contribution in [-0.4, -0.2) is 78.9 Å². The van der Waals surface area contributed by atoms with Crippen LogP contribution in [-0.2, 0) is 4.74 Å². The van der Waals surface area contributed by atoms with Crippen LogP contribution < -0.4 is 4.74 Å². The van der Waals surface area contributed by atoms with Gasteiger partial charge in [-0.3, -0.25) is 4.90 Å². The average Bonchev–Trinajstić information content (AvgIpc) is 2.53. The van der Waals surface area contributed by atoms with Crippen molar-refractivity contribution in [2.75, 3.05) is 46.6 Å². The quantitative estimate of drug-likeness (QED) is 0.501. The standard InChI is InChI=1S/C15H23NO6/c1-21-15(20)12-2-4-14(5-3-12)22-11-13(19)10-16(6-8-17)7-9-18/h2-5,13,17-19H,6-11H2,1H3/t13-/m1/s1. The van der Waals surface area contributed by atoms with Crippen molar-refractivity contribution in [2.45, 2.75) is 6.10 Å². The Morgan fingerprint density at radius 2 is 1.77 bits per heavy atom. The minimum atomic E-state index is -0.751. The van der Waals surface area contributed by atoms with Gasteiger partial charge in [-0.2, -0.15) is 0 Å². The van der Waals surface area contributed by atoms with E-state index in [9.17, 15) is 9.90 Å². The van der Waals surface area contributed by atoms with Gasteiger partial charge in [-0.05, 0) is 24.3 Å². The Labute approximate surface area is 129 Å². The summed E-state index contributed by atoms with van der Waals surface area (Å²) in [6.45, 7) is 1.05. The Morgan fingerprint density at radius 3 is 2.27 bits per heavy atom. The molecule has 0 unspecified atom stereocenters. The number of benzene rings is 1. The van der Waals surface area contributed by atoms with E-state index in [1.54, 1.807) is 29.2 Å². The van der Waals surface area contributed by atoms with Gasteiger partial charge in [-0.15, -0.1) is 0 Å². The third-order valence-electron chi connectivity index (χ3n) is 3.02. The lowest BCUT2D eigenvalue weighted by Crippen LogP contribution is -2.38. The van der Waals surface area contributed by atoms with Gasteiger partial charge in [0.15, 0.2) is 0 Å². The van der Waals surface area contributed by atoms with Gasteiger partial charge in [0, 0.05) is 19.6 Å². The van der Waals surface area contributed by atoms with Gasteiger partial charge >= 0.3 is 5.97 Å². The first-order valence-corrected chi connectivity index (χ1v) is 7.04. The van der Waals surface area contributed by atoms with Crippen molar-refractivity contribution in [1.29, 1.82) is 0 Å². The van der Waals surface area contributed by atoms with Crippen molar-refractivity contribution in [2.24, 2.45) is 0 Å². The minimum absolute atomic E-state index is 0.0391. The zero-order valence-electron chi connectivity index (χ0n) is 12.6. The van der Waals surface area contributed by atoms with Gasteiger partial charge in [0.25, 0.3) is 0 Å². The molecule has 0 saturated heterocycles. The SMILES string of the molecule is COC(=O)c1ccc(OC[C@H](O)CN(CCO)CCO)cc1. The van der Waals surface area contributed by atoms with Gasteiger partial charge in [0.05, 0.1) is 25.9 Å². The number of methoxy groups -OCH3 is 1. The molecule has 1 aromatic rings. The fraction of sp³-hybridized carbons (Fsp3) is 0.533. The van der Waals surface area contributed by atoms with Gasteiger partial charge in [0.2, 0.25) is 0 Å². The maximum Gasteiger partial charge on any atom is 0.337 e. The molecular formula is C15H23NO6. The normalized spacial score (nSPS) is 12.2. The van der Waals surface area contributed by atoms with Crippen LogP contribution in [0.25, 0.3) is 0 Å². The first-order chi connectivity index (χ1) is 10.6. The molecule has 0 radical (unpaired) electrons. The summed E-state index contributed by atoms with van der Waals surface area (Å²) >= 11 is 0. The van der Waals surface area contributed by atoms with Crippen molar-refractivity contribution < 1.29 is 29.6 Å². The largest absolute Gasteiger partial charge is 0.491 e. The topological polar surface area (TPSA) is 99.5 Å². The van der Waals surface area contributed by atoms with E-state index in [1.807, 2.05) is 0 Å². The molecule has 0 aliphatic carbocycles. The Morgan fingerprint density at radius 1 is 1.18 bits per heavy atom. The van der Waals surface area contributed by atoms with Gasteiger partial charge in [-0.25, -0.2) is 4.79 Å². The molecule has 0 aromatic heterocycles. The molecule has 1 atom stereocenters. The summed E-state index contributed by atoms with van der Waals surface area (Å²) in [7, 11) is 1.31. The second-order valence-corrected chi connectivity index (χ2v) is 4.73. The highest BCUT2D eigenvalue weighted by atomic mass is 16.5. The Balaban J connectivity index is 2.42. The lowest BCUT2D eigenvalue weighted by molar-refractivity contribution is 0.0549. The van der Waals surface area contributed by atoms with E-state index in [-0.39, 0.29) is 19.8 Å². The number of hydrogen-bond acceptors (Lipinski definition) is 7. The number of nitrogens with zero attached hydrogens (tertiary/aromatic N) is 1. The van der Waals surface area contributed by atoms with Crippen LogP contribution in [0.1, 0.15) is 10.4 Å². The average molecular weight is 313 g/mol. The number of ether oxygens (including phenoxy) is 2. The van der Waals surface area contributed by atoms with Crippen molar-refractivity contribution in [3.8, 4) is 5.75 Å². The molecule has 0 saturated carbocycles. The second-order valence-electron chi connectivity index (χ2n) is 4.73. The number of hydrogen-bond donors (Lipinski definition) is 3. The first kappa shape index (κ1) is 18.4. The predicted octanol–water partition coefficient (Wildman–Crippen LogP) is -0.500. The number of rotatable bonds is 10. The van der Waals surface area contributed by atoms with Crippen LogP contribution in [0.3, 0.4) is 0 Å². The zero-order valence-corrected chi connectivity index (χ0v) is 12.6. The van der Waals surface area contributed by atoms with Crippen LogP contribution >= 0.6 is 0 Å². The summed E-state index contributed by atoms with van der Waals surface area (Å²) < 4.78 is 10.0. The molecule has 0 fully saturated rings. The summed E-state index contributed by atoms with van der Waals surface area (Å²) in [5, 5.41) is 27.7. The van der Waals surface area contributed by atoms with Gasteiger partial charge in [-0.1, -0.05) is 0 Å². The maximum absolute atomic E-state index is 11.3. The molecule has 0 heterocycles. The van der Waals surface area contributed by atoms with E-state index < -0.39 is 12.1 Å². The predicted molar refractivity (Wildman–Crippen MR) is 79.9 cm³/mol. The molecule has 0 aliphatic heterocycles. The number of aliphatic hydroxyl groups is 3. The zero-order chi connectivity index (χ0) is 16.4. The third-order valence-corrected chi connectivity index (χ3v) is 3.02. The molecule has 1 rings (SSSR count). The van der Waals surface area contributed by atoms with Crippen LogP contribution in [0.5, 0.6) is 5.75 Å². The second kappa shape index (κ2) is 10.1. The van der Waals surface area contributed by atoms with Crippen molar-refractivity contribution in [3.05, 3.63) is 29.8 Å². The smallest absolute Gasteiger partial charge is 0.337 e. The van der Waals surface area contributed by atoms with Crippen LogP contribution in [0.4, 0.5) is 0 Å². The first-order valence-electron chi connectivity index (χ1n) is 7.04. The summed E-state index contributed by atoms with van der Waals surface area (Å²) in [5.74, 6) is 0.109. The Hall–Kier alpha value is -1.67. The molecule has 0 bridgehead atoms. The van der Waals surface area contributed by atoms with E-state index in [0.29, 0.717) is 30.9 Å². The lowest BCUT2D eigenvalue weighted by atomic mass is 10.2. The molecule has 1 aromatic carbocycles. The summed E-state index contributed by atoms with van der Waals surface area (Å²) in [6, 6.07) is 6.41. The number of esters is 1. The lowest BCUT2D eigenvalue weighted by Gasteiger charge is -2.23. The van der Waals surface area contributed by atoms with E-state index in [1.165, 1.54) is 7.11 Å². The molecule has 7 nitrogen and oxygen atoms in total. The number of aliphatic hydroxyl groups excluding tert-OH is 3. The van der Waals surface area contributed by atoms with Crippen LogP contribution in [0.2, 0.25) is 0 Å². The highest BCUT2D eigenvalue weighted by Gasteiger charge is 2.12. The van der Waals surface area contributed by atoms with Crippen LogP contribution in [0.15, 0.2) is 24.3 Å². The van der Waals surface area contributed by atoms with Crippen molar-refractivity contribution in [1.82, 2.24) is 4.90 Å². The highest BCUT2D eigenvalue weighted by Crippen LogP contribution is 2.13. The maximum atomic E-state index is 11.3. The van der Waals surface area contributed by atoms with Crippen molar-refractivity contribution in [3.63, 3.8) is 0 Å². The van der Waals surface area contributed by atoms with Crippen LogP contribution in [0, 0.1) is 0 Å². The molecule has 0 amide bonds. The fourth-order valence-electron chi connectivity index (χ4n) is 1.93. The van der Waals surface area contributed by atoms with E-state index in [2.05, 4.69) is 4.74 Å². The van der Waals surface area contributed by atoms with E-state index in [0.717, 1.165) is 0 Å².